The smallest absolute Gasteiger partial charge is 0.123 e. The van der Waals surface area contributed by atoms with Gasteiger partial charge in [0.05, 0.1) is 6.61 Å². The zero-order valence-electron chi connectivity index (χ0n) is 18.5. The molecule has 4 rings (SSSR count). The molecule has 0 fully saturated rings. The normalized spacial score (nSPS) is 13.2. The maximum atomic E-state index is 10.8. The molecule has 3 aromatic rings. The minimum atomic E-state index is 0.351. The molecule has 1 aliphatic carbocycles. The number of phenols is 1. The molecule has 1 N–H and O–H groups in total. The van der Waals surface area contributed by atoms with Crippen molar-refractivity contribution in [3.05, 3.63) is 83.4 Å². The van der Waals surface area contributed by atoms with Crippen LogP contribution in [0.3, 0.4) is 0 Å². The lowest BCUT2D eigenvalue weighted by molar-refractivity contribution is 0.305. The van der Waals surface area contributed by atoms with Gasteiger partial charge in [-0.3, -0.25) is 0 Å². The van der Waals surface area contributed by atoms with Gasteiger partial charge >= 0.3 is 0 Å². The van der Waals surface area contributed by atoms with Crippen molar-refractivity contribution in [2.45, 2.75) is 44.9 Å². The Bertz CT molecular complexity index is 1040. The van der Waals surface area contributed by atoms with Gasteiger partial charge in [-0.05, 0) is 82.6 Å². The summed E-state index contributed by atoms with van der Waals surface area (Å²) in [6.45, 7) is 0.764. The lowest BCUT2D eigenvalue weighted by Crippen LogP contribution is -1.98. The Morgan fingerprint density at radius 1 is 0.781 bits per heavy atom. The quantitative estimate of drug-likeness (QED) is 0.169. The van der Waals surface area contributed by atoms with Crippen LogP contribution in [0.25, 0.3) is 22.8 Å². The lowest BCUT2D eigenvalue weighted by atomic mass is 9.92. The monoisotopic (exact) mass is 538 g/mol. The molecule has 2 nitrogen and oxygen atoms in total. The van der Waals surface area contributed by atoms with Gasteiger partial charge in [0.15, 0.2) is 0 Å². The SMILES string of the molecule is Oc1ccc2c(c1-c1ccc(OCCCCCCI)cc1)CCCC(c1ccccc1)=C2. The number of benzene rings is 3. The van der Waals surface area contributed by atoms with Crippen LogP contribution in [0.15, 0.2) is 66.7 Å². The molecular weight excluding hydrogens is 507 g/mol. The molecule has 0 radical (unpaired) electrons. The van der Waals surface area contributed by atoms with Gasteiger partial charge in [-0.25, -0.2) is 0 Å². The third kappa shape index (κ3) is 5.74. The van der Waals surface area contributed by atoms with Crippen LogP contribution in [0.1, 0.15) is 55.2 Å². The van der Waals surface area contributed by atoms with Crippen LogP contribution in [-0.4, -0.2) is 16.1 Å². The van der Waals surface area contributed by atoms with Crippen molar-refractivity contribution in [3.63, 3.8) is 0 Å². The molecule has 0 saturated heterocycles. The summed E-state index contributed by atoms with van der Waals surface area (Å²) in [5.74, 6) is 1.25. The first-order valence-corrected chi connectivity index (χ1v) is 13.2. The first-order chi connectivity index (χ1) is 15.8. The number of unbranched alkanes of at least 4 members (excludes halogenated alkanes) is 3. The number of ether oxygens (including phenoxy) is 1. The number of halogens is 1. The Balaban J connectivity index is 1.53. The van der Waals surface area contributed by atoms with Crippen molar-refractivity contribution in [1.82, 2.24) is 0 Å². The van der Waals surface area contributed by atoms with Crippen LogP contribution in [0, 0.1) is 0 Å². The fourth-order valence-electron chi connectivity index (χ4n) is 4.43. The van der Waals surface area contributed by atoms with Crippen molar-refractivity contribution in [2.75, 3.05) is 11.0 Å². The van der Waals surface area contributed by atoms with E-state index < -0.39 is 0 Å². The summed E-state index contributed by atoms with van der Waals surface area (Å²) >= 11 is 2.43. The Morgan fingerprint density at radius 3 is 2.34 bits per heavy atom. The average Bonchev–Trinajstić information content (AvgIpc) is 3.05. The van der Waals surface area contributed by atoms with Gasteiger partial charge in [-0.2, -0.15) is 0 Å². The Labute approximate surface area is 205 Å². The Kier molecular flexibility index (Phi) is 8.27. The molecule has 3 aromatic carbocycles. The van der Waals surface area contributed by atoms with E-state index in [0.717, 1.165) is 49.2 Å². The summed E-state index contributed by atoms with van der Waals surface area (Å²) in [6, 6.07) is 22.7. The number of hydrogen-bond donors (Lipinski definition) is 1. The van der Waals surface area contributed by atoms with Crippen LogP contribution < -0.4 is 4.74 Å². The van der Waals surface area contributed by atoms with E-state index in [9.17, 15) is 5.11 Å². The number of rotatable bonds is 9. The van der Waals surface area contributed by atoms with E-state index in [0.29, 0.717) is 5.75 Å². The molecule has 0 atom stereocenters. The van der Waals surface area contributed by atoms with Crippen LogP contribution in [-0.2, 0) is 6.42 Å². The highest BCUT2D eigenvalue weighted by atomic mass is 127. The Hall–Kier alpha value is -2.27. The Morgan fingerprint density at radius 2 is 1.56 bits per heavy atom. The van der Waals surface area contributed by atoms with E-state index in [4.69, 9.17) is 4.74 Å². The number of aromatic hydroxyl groups is 1. The first-order valence-electron chi connectivity index (χ1n) is 11.7. The van der Waals surface area contributed by atoms with Crippen LogP contribution in [0.5, 0.6) is 11.5 Å². The van der Waals surface area contributed by atoms with E-state index in [1.165, 1.54) is 46.0 Å². The molecule has 32 heavy (non-hydrogen) atoms. The summed E-state index contributed by atoms with van der Waals surface area (Å²) in [5.41, 5.74) is 7.10. The van der Waals surface area contributed by atoms with E-state index in [2.05, 4.69) is 77.2 Å². The summed E-state index contributed by atoms with van der Waals surface area (Å²) in [4.78, 5) is 0. The van der Waals surface area contributed by atoms with Gasteiger partial charge in [0.25, 0.3) is 0 Å². The van der Waals surface area contributed by atoms with Crippen molar-refractivity contribution < 1.29 is 9.84 Å². The molecule has 0 aromatic heterocycles. The summed E-state index contributed by atoms with van der Waals surface area (Å²) in [6.07, 6.45) is 10.3. The maximum absolute atomic E-state index is 10.8. The van der Waals surface area contributed by atoms with Gasteiger partial charge in [0.1, 0.15) is 11.5 Å². The third-order valence-electron chi connectivity index (χ3n) is 6.11. The predicted octanol–water partition coefficient (Wildman–Crippen LogP) is 8.31. The molecule has 0 spiro atoms. The second kappa shape index (κ2) is 11.6. The van der Waals surface area contributed by atoms with Gasteiger partial charge in [-0.15, -0.1) is 0 Å². The van der Waals surface area contributed by atoms with Gasteiger partial charge < -0.3 is 9.84 Å². The van der Waals surface area contributed by atoms with Crippen molar-refractivity contribution in [1.29, 1.82) is 0 Å². The van der Waals surface area contributed by atoms with Crippen LogP contribution in [0.4, 0.5) is 0 Å². The minimum Gasteiger partial charge on any atom is -0.507 e. The molecule has 0 saturated carbocycles. The van der Waals surface area contributed by atoms with E-state index >= 15 is 0 Å². The van der Waals surface area contributed by atoms with E-state index in [1.807, 2.05) is 18.2 Å². The fraction of sp³-hybridized carbons (Fsp3) is 0.310. The predicted molar refractivity (Wildman–Crippen MR) is 144 cm³/mol. The van der Waals surface area contributed by atoms with Gasteiger partial charge in [-0.1, -0.05) is 90.0 Å². The molecule has 166 valence electrons. The first kappa shape index (κ1) is 22.9. The van der Waals surface area contributed by atoms with Gasteiger partial charge in [0, 0.05) is 5.56 Å². The second-order valence-electron chi connectivity index (χ2n) is 8.39. The maximum Gasteiger partial charge on any atom is 0.123 e. The highest BCUT2D eigenvalue weighted by Crippen LogP contribution is 2.40. The standard InChI is InChI=1S/C29H31IO2/c30-19-6-1-2-7-20-32-26-16-13-23(14-17-26)29-27-12-8-11-24(22-9-4-3-5-10-22)21-25(27)15-18-28(29)31/h3-5,9-10,13-18,21,31H,1-2,6-8,11-12,19-20H2. The zero-order valence-corrected chi connectivity index (χ0v) is 20.7. The average molecular weight is 538 g/mol. The summed E-state index contributed by atoms with van der Waals surface area (Å²) in [5, 5.41) is 10.8. The molecule has 0 unspecified atom stereocenters. The number of fused-ring (bicyclic) bond motifs is 1. The third-order valence-corrected chi connectivity index (χ3v) is 6.88. The highest BCUT2D eigenvalue weighted by Gasteiger charge is 2.17. The second-order valence-corrected chi connectivity index (χ2v) is 9.47. The van der Waals surface area contributed by atoms with E-state index in [-0.39, 0.29) is 0 Å². The molecule has 0 heterocycles. The summed E-state index contributed by atoms with van der Waals surface area (Å²) < 4.78 is 7.16. The largest absolute Gasteiger partial charge is 0.507 e. The van der Waals surface area contributed by atoms with Gasteiger partial charge in [0.2, 0.25) is 0 Å². The number of alkyl halides is 1. The van der Waals surface area contributed by atoms with Crippen molar-refractivity contribution in [2.24, 2.45) is 0 Å². The molecule has 0 amide bonds. The fourth-order valence-corrected chi connectivity index (χ4v) is 4.97. The highest BCUT2D eigenvalue weighted by molar-refractivity contribution is 14.1. The van der Waals surface area contributed by atoms with Crippen molar-refractivity contribution >= 4 is 34.2 Å². The van der Waals surface area contributed by atoms with Crippen LogP contribution in [0.2, 0.25) is 0 Å². The number of allylic oxidation sites excluding steroid dienone is 1. The molecular formula is C29H31IO2. The molecule has 3 heteroatoms. The number of phenolic OH excluding ortho intramolecular Hbond substituents is 1. The topological polar surface area (TPSA) is 29.5 Å². The van der Waals surface area contributed by atoms with Crippen molar-refractivity contribution in [3.8, 4) is 22.6 Å². The summed E-state index contributed by atoms with van der Waals surface area (Å²) in [7, 11) is 0. The lowest BCUT2D eigenvalue weighted by Gasteiger charge is -2.15. The number of hydrogen-bond acceptors (Lipinski definition) is 2. The molecule has 0 aliphatic heterocycles. The molecule has 1 aliphatic rings. The minimum absolute atomic E-state index is 0.351. The van der Waals surface area contributed by atoms with E-state index in [1.54, 1.807) is 0 Å². The zero-order chi connectivity index (χ0) is 22.2. The van der Waals surface area contributed by atoms with Crippen LogP contribution >= 0.6 is 22.6 Å². The molecule has 0 bridgehead atoms.